The number of benzene rings is 2. The Labute approximate surface area is 127 Å². The lowest BCUT2D eigenvalue weighted by Gasteiger charge is -2.09. The van der Waals surface area contributed by atoms with Crippen molar-refractivity contribution in [2.75, 3.05) is 11.1 Å². The van der Waals surface area contributed by atoms with E-state index in [1.165, 1.54) is 30.3 Å². The number of aromatic carboxylic acids is 1. The van der Waals surface area contributed by atoms with E-state index in [0.29, 0.717) is 4.47 Å². The van der Waals surface area contributed by atoms with Crippen LogP contribution in [0, 0.1) is 5.82 Å². The molecular formula is C14H10BrFN2O3. The highest BCUT2D eigenvalue weighted by Gasteiger charge is 2.14. The van der Waals surface area contributed by atoms with Gasteiger partial charge in [0, 0.05) is 10.2 Å². The minimum Gasteiger partial charge on any atom is -0.478 e. The van der Waals surface area contributed by atoms with Crippen molar-refractivity contribution in [3.63, 3.8) is 0 Å². The van der Waals surface area contributed by atoms with Crippen LogP contribution in [0.2, 0.25) is 0 Å². The van der Waals surface area contributed by atoms with Crippen LogP contribution in [-0.4, -0.2) is 17.0 Å². The third-order valence-corrected chi connectivity index (χ3v) is 3.39. The zero-order valence-corrected chi connectivity index (χ0v) is 12.1. The minimum atomic E-state index is -1.13. The van der Waals surface area contributed by atoms with E-state index in [1.807, 2.05) is 0 Å². The molecule has 0 spiro atoms. The molecule has 2 rings (SSSR count). The van der Waals surface area contributed by atoms with Crippen LogP contribution in [0.5, 0.6) is 0 Å². The normalized spacial score (nSPS) is 10.2. The first-order valence-corrected chi connectivity index (χ1v) is 6.57. The van der Waals surface area contributed by atoms with Gasteiger partial charge in [0.05, 0.1) is 16.8 Å². The fourth-order valence-corrected chi connectivity index (χ4v) is 2.01. The fourth-order valence-electron chi connectivity index (χ4n) is 1.66. The molecule has 0 aliphatic rings. The maximum absolute atomic E-state index is 13.7. The van der Waals surface area contributed by atoms with Crippen LogP contribution < -0.4 is 11.1 Å². The Morgan fingerprint density at radius 3 is 2.52 bits per heavy atom. The average Bonchev–Trinajstić information content (AvgIpc) is 2.40. The van der Waals surface area contributed by atoms with Gasteiger partial charge in [0.25, 0.3) is 5.91 Å². The highest BCUT2D eigenvalue weighted by molar-refractivity contribution is 9.10. The number of nitrogens with two attached hydrogens (primary N) is 1. The Morgan fingerprint density at radius 2 is 1.90 bits per heavy atom. The van der Waals surface area contributed by atoms with E-state index < -0.39 is 17.7 Å². The Bertz CT molecular complexity index is 734. The van der Waals surface area contributed by atoms with Gasteiger partial charge in [0.1, 0.15) is 5.82 Å². The number of carbonyl (C=O) groups is 2. The largest absolute Gasteiger partial charge is 0.478 e. The zero-order valence-electron chi connectivity index (χ0n) is 10.6. The van der Waals surface area contributed by atoms with Gasteiger partial charge in [-0.15, -0.1) is 0 Å². The summed E-state index contributed by atoms with van der Waals surface area (Å²) in [7, 11) is 0. The first kappa shape index (κ1) is 15.0. The van der Waals surface area contributed by atoms with Crippen molar-refractivity contribution >= 4 is 39.2 Å². The van der Waals surface area contributed by atoms with Crippen molar-refractivity contribution in [3.05, 3.63) is 57.8 Å². The van der Waals surface area contributed by atoms with Crippen molar-refractivity contribution < 1.29 is 19.1 Å². The van der Waals surface area contributed by atoms with Gasteiger partial charge in [-0.1, -0.05) is 0 Å². The number of carboxylic acids is 1. The molecule has 108 valence electrons. The molecule has 0 bridgehead atoms. The van der Waals surface area contributed by atoms with Gasteiger partial charge in [0.2, 0.25) is 0 Å². The van der Waals surface area contributed by atoms with Crippen LogP contribution in [0.1, 0.15) is 20.7 Å². The third kappa shape index (κ3) is 3.38. The Morgan fingerprint density at radius 1 is 1.19 bits per heavy atom. The summed E-state index contributed by atoms with van der Waals surface area (Å²) < 4.78 is 14.1. The molecule has 0 saturated carbocycles. The van der Waals surface area contributed by atoms with Crippen LogP contribution in [0.3, 0.4) is 0 Å². The molecule has 0 aliphatic heterocycles. The van der Waals surface area contributed by atoms with Crippen molar-refractivity contribution in [1.82, 2.24) is 0 Å². The van der Waals surface area contributed by atoms with Gasteiger partial charge in [-0.05, 0) is 52.3 Å². The summed E-state index contributed by atoms with van der Waals surface area (Å²) >= 11 is 3.19. The molecule has 0 heterocycles. The zero-order chi connectivity index (χ0) is 15.6. The standard InChI is InChI=1S/C14H10BrFN2O3/c15-10-4-1-7(14(20)21)5-12(10)18-13(19)9-3-2-8(17)6-11(9)16/h1-6H,17H2,(H,18,19)(H,20,21). The van der Waals surface area contributed by atoms with E-state index in [9.17, 15) is 14.0 Å². The lowest BCUT2D eigenvalue weighted by atomic mass is 10.1. The molecule has 2 aromatic rings. The van der Waals surface area contributed by atoms with Crippen molar-refractivity contribution in [2.24, 2.45) is 0 Å². The number of carboxylic acid groups (broad SMARTS) is 1. The van der Waals surface area contributed by atoms with Gasteiger partial charge >= 0.3 is 5.97 Å². The molecule has 0 atom stereocenters. The molecule has 0 fully saturated rings. The molecule has 0 unspecified atom stereocenters. The first-order chi connectivity index (χ1) is 9.88. The monoisotopic (exact) mass is 352 g/mol. The second-order valence-corrected chi connectivity index (χ2v) is 5.05. The van der Waals surface area contributed by atoms with Gasteiger partial charge in [0.15, 0.2) is 0 Å². The number of nitrogens with one attached hydrogen (secondary N) is 1. The van der Waals surface area contributed by atoms with Crippen LogP contribution in [0.25, 0.3) is 0 Å². The summed E-state index contributed by atoms with van der Waals surface area (Å²) in [6.07, 6.45) is 0. The highest BCUT2D eigenvalue weighted by Crippen LogP contribution is 2.25. The molecule has 0 aliphatic carbocycles. The van der Waals surface area contributed by atoms with Crippen molar-refractivity contribution in [1.29, 1.82) is 0 Å². The highest BCUT2D eigenvalue weighted by atomic mass is 79.9. The van der Waals surface area contributed by atoms with Gasteiger partial charge < -0.3 is 16.2 Å². The number of nitrogen functional groups attached to an aromatic ring is 1. The fraction of sp³-hybridized carbons (Fsp3) is 0. The lowest BCUT2D eigenvalue weighted by Crippen LogP contribution is -2.14. The number of carbonyl (C=O) groups excluding carboxylic acids is 1. The lowest BCUT2D eigenvalue weighted by molar-refractivity contribution is 0.0696. The summed E-state index contributed by atoms with van der Waals surface area (Å²) in [5.41, 5.74) is 5.67. The van der Waals surface area contributed by atoms with Gasteiger partial charge in [-0.2, -0.15) is 0 Å². The number of hydrogen-bond acceptors (Lipinski definition) is 3. The molecule has 0 aromatic heterocycles. The Balaban J connectivity index is 2.31. The minimum absolute atomic E-state index is 0.00581. The Hall–Kier alpha value is -2.41. The third-order valence-electron chi connectivity index (χ3n) is 2.70. The molecule has 5 nitrogen and oxygen atoms in total. The SMILES string of the molecule is Nc1ccc(C(=O)Nc2cc(C(=O)O)ccc2Br)c(F)c1. The van der Waals surface area contributed by atoms with Crippen LogP contribution in [0.4, 0.5) is 15.8 Å². The predicted molar refractivity (Wildman–Crippen MR) is 79.9 cm³/mol. The van der Waals surface area contributed by atoms with E-state index in [2.05, 4.69) is 21.2 Å². The molecular weight excluding hydrogens is 343 g/mol. The maximum atomic E-state index is 13.7. The topological polar surface area (TPSA) is 92.4 Å². The van der Waals surface area contributed by atoms with E-state index in [4.69, 9.17) is 10.8 Å². The molecule has 4 N–H and O–H groups in total. The summed E-state index contributed by atoms with van der Waals surface area (Å²) in [6, 6.07) is 7.84. The molecule has 0 radical (unpaired) electrons. The molecule has 0 saturated heterocycles. The quantitative estimate of drug-likeness (QED) is 0.740. The van der Waals surface area contributed by atoms with E-state index in [0.717, 1.165) is 6.07 Å². The smallest absolute Gasteiger partial charge is 0.335 e. The first-order valence-electron chi connectivity index (χ1n) is 5.77. The number of anilines is 2. The maximum Gasteiger partial charge on any atom is 0.335 e. The number of rotatable bonds is 3. The second-order valence-electron chi connectivity index (χ2n) is 4.19. The predicted octanol–water partition coefficient (Wildman–Crippen LogP) is 3.12. The second kappa shape index (κ2) is 5.92. The van der Waals surface area contributed by atoms with Crippen LogP contribution in [-0.2, 0) is 0 Å². The molecule has 21 heavy (non-hydrogen) atoms. The Kier molecular flexibility index (Phi) is 4.23. The van der Waals surface area contributed by atoms with E-state index in [1.54, 1.807) is 0 Å². The summed E-state index contributed by atoms with van der Waals surface area (Å²) in [5.74, 6) is -2.58. The molecule has 1 amide bonds. The number of hydrogen-bond donors (Lipinski definition) is 3. The van der Waals surface area contributed by atoms with Gasteiger partial charge in [-0.3, -0.25) is 4.79 Å². The number of halogens is 2. The summed E-state index contributed by atoms with van der Waals surface area (Å²) in [6.45, 7) is 0. The van der Waals surface area contributed by atoms with Crippen molar-refractivity contribution in [2.45, 2.75) is 0 Å². The average molecular weight is 353 g/mol. The molecule has 7 heteroatoms. The van der Waals surface area contributed by atoms with Crippen LogP contribution >= 0.6 is 15.9 Å². The van der Waals surface area contributed by atoms with E-state index in [-0.39, 0.29) is 22.5 Å². The van der Waals surface area contributed by atoms with Gasteiger partial charge in [-0.25, -0.2) is 9.18 Å². The summed E-state index contributed by atoms with van der Waals surface area (Å²) in [5, 5.41) is 11.4. The van der Waals surface area contributed by atoms with Crippen molar-refractivity contribution in [3.8, 4) is 0 Å². The van der Waals surface area contributed by atoms with E-state index >= 15 is 0 Å². The summed E-state index contributed by atoms with van der Waals surface area (Å²) in [4.78, 5) is 22.9. The molecule has 2 aromatic carbocycles. The number of amides is 1. The van der Waals surface area contributed by atoms with Crippen LogP contribution in [0.15, 0.2) is 40.9 Å².